The van der Waals surface area contributed by atoms with E-state index >= 15 is 0 Å². The normalized spacial score (nSPS) is 14.5. The molecular formula is C18H17N3O4. The van der Waals surface area contributed by atoms with Crippen LogP contribution >= 0.6 is 0 Å². The van der Waals surface area contributed by atoms with E-state index in [4.69, 9.17) is 13.7 Å². The Bertz CT molecular complexity index is 851. The number of aromatic nitrogens is 1. The Morgan fingerprint density at radius 3 is 2.76 bits per heavy atom. The fraction of sp³-hybridized carbons (Fsp3) is 0.222. The summed E-state index contributed by atoms with van der Waals surface area (Å²) < 4.78 is 15.8. The Balaban J connectivity index is 1.47. The Kier molecular flexibility index (Phi) is 4.22. The number of hydrogen-bond donors (Lipinski definition) is 1. The highest BCUT2D eigenvalue weighted by atomic mass is 16.5. The largest absolute Gasteiger partial charge is 0.461 e. The highest BCUT2D eigenvalue weighted by Gasteiger charge is 2.16. The van der Waals surface area contributed by atoms with Crippen molar-refractivity contribution in [2.24, 2.45) is 0 Å². The van der Waals surface area contributed by atoms with Gasteiger partial charge in [0.1, 0.15) is 0 Å². The third kappa shape index (κ3) is 3.41. The number of nitrogens with zero attached hydrogens (tertiary/aromatic N) is 2. The molecule has 25 heavy (non-hydrogen) atoms. The van der Waals surface area contributed by atoms with Gasteiger partial charge in [-0.05, 0) is 30.3 Å². The third-order valence-electron chi connectivity index (χ3n) is 3.99. The van der Waals surface area contributed by atoms with Crippen molar-refractivity contribution >= 4 is 17.3 Å². The Hall–Kier alpha value is -3.06. The van der Waals surface area contributed by atoms with E-state index in [0.717, 1.165) is 18.8 Å². The van der Waals surface area contributed by atoms with Crippen molar-refractivity contribution in [2.45, 2.75) is 0 Å². The first-order valence-corrected chi connectivity index (χ1v) is 8.04. The average Bonchev–Trinajstić information content (AvgIpc) is 3.34. The molecule has 1 aliphatic heterocycles. The molecule has 2 aromatic heterocycles. The van der Waals surface area contributed by atoms with Gasteiger partial charge in [0.05, 0.1) is 19.5 Å². The molecule has 0 atom stereocenters. The second kappa shape index (κ2) is 6.82. The number of benzene rings is 1. The van der Waals surface area contributed by atoms with E-state index in [1.807, 2.05) is 24.3 Å². The van der Waals surface area contributed by atoms with Gasteiger partial charge in [0.25, 0.3) is 5.91 Å². The SMILES string of the molecule is O=C(Nc1cccc(N2CCOCC2)c1)c1cc(-c2ccco2)on1. The first-order chi connectivity index (χ1) is 12.3. The minimum absolute atomic E-state index is 0.197. The number of hydrogen-bond acceptors (Lipinski definition) is 6. The summed E-state index contributed by atoms with van der Waals surface area (Å²) >= 11 is 0. The highest BCUT2D eigenvalue weighted by Crippen LogP contribution is 2.23. The number of morpholine rings is 1. The molecule has 128 valence electrons. The molecule has 1 N–H and O–H groups in total. The molecule has 1 amide bonds. The summed E-state index contributed by atoms with van der Waals surface area (Å²) in [6.07, 6.45) is 1.54. The van der Waals surface area contributed by atoms with E-state index < -0.39 is 0 Å². The summed E-state index contributed by atoms with van der Waals surface area (Å²) in [5.41, 5.74) is 1.96. The summed E-state index contributed by atoms with van der Waals surface area (Å²) in [5.74, 6) is 0.610. The number of nitrogens with one attached hydrogen (secondary N) is 1. The van der Waals surface area contributed by atoms with Gasteiger partial charge < -0.3 is 23.9 Å². The van der Waals surface area contributed by atoms with Crippen LogP contribution in [-0.2, 0) is 4.74 Å². The van der Waals surface area contributed by atoms with Gasteiger partial charge in [-0.3, -0.25) is 4.79 Å². The quantitative estimate of drug-likeness (QED) is 0.787. The maximum atomic E-state index is 12.4. The van der Waals surface area contributed by atoms with Gasteiger partial charge in [-0.15, -0.1) is 0 Å². The summed E-state index contributed by atoms with van der Waals surface area (Å²) in [6.45, 7) is 3.11. The smallest absolute Gasteiger partial charge is 0.277 e. The summed E-state index contributed by atoms with van der Waals surface area (Å²) in [6, 6.07) is 12.8. The third-order valence-corrected chi connectivity index (χ3v) is 3.99. The standard InChI is InChI=1S/C18H17N3O4/c22-18(15-12-17(25-20-15)16-5-2-8-24-16)19-13-3-1-4-14(11-13)21-6-9-23-10-7-21/h1-5,8,11-12H,6-7,9-10H2,(H,19,22). The molecule has 7 heteroatoms. The summed E-state index contributed by atoms with van der Waals surface area (Å²) in [7, 11) is 0. The van der Waals surface area contributed by atoms with Gasteiger partial charge >= 0.3 is 0 Å². The van der Waals surface area contributed by atoms with Crippen LogP contribution in [0.25, 0.3) is 11.5 Å². The van der Waals surface area contributed by atoms with Crippen LogP contribution in [0.2, 0.25) is 0 Å². The van der Waals surface area contributed by atoms with Crippen molar-refractivity contribution in [3.8, 4) is 11.5 Å². The lowest BCUT2D eigenvalue weighted by Crippen LogP contribution is -2.36. The lowest BCUT2D eigenvalue weighted by atomic mass is 10.2. The molecule has 0 aliphatic carbocycles. The number of carbonyl (C=O) groups is 1. The van der Waals surface area contributed by atoms with E-state index in [1.54, 1.807) is 18.2 Å². The second-order valence-corrected chi connectivity index (χ2v) is 5.66. The van der Waals surface area contributed by atoms with Crippen LogP contribution in [0.15, 0.2) is 57.7 Å². The topological polar surface area (TPSA) is 80.7 Å². The maximum Gasteiger partial charge on any atom is 0.277 e. The molecule has 0 bridgehead atoms. The highest BCUT2D eigenvalue weighted by molar-refractivity contribution is 6.03. The van der Waals surface area contributed by atoms with Gasteiger partial charge in [0.15, 0.2) is 11.5 Å². The van der Waals surface area contributed by atoms with Gasteiger partial charge in [-0.2, -0.15) is 0 Å². The predicted octanol–water partition coefficient (Wildman–Crippen LogP) is 3.02. The minimum Gasteiger partial charge on any atom is -0.461 e. The molecule has 4 rings (SSSR count). The van der Waals surface area contributed by atoms with E-state index in [2.05, 4.69) is 15.4 Å². The molecule has 0 saturated carbocycles. The van der Waals surface area contributed by atoms with Crippen molar-refractivity contribution in [1.82, 2.24) is 5.16 Å². The van der Waals surface area contributed by atoms with Crippen LogP contribution in [0.4, 0.5) is 11.4 Å². The molecule has 3 heterocycles. The van der Waals surface area contributed by atoms with Crippen molar-refractivity contribution in [3.05, 3.63) is 54.4 Å². The van der Waals surface area contributed by atoms with E-state index in [0.29, 0.717) is 30.4 Å². The van der Waals surface area contributed by atoms with Gasteiger partial charge in [-0.1, -0.05) is 11.2 Å². The number of rotatable bonds is 4. The van der Waals surface area contributed by atoms with E-state index in [1.165, 1.54) is 6.26 Å². The Morgan fingerprint density at radius 1 is 1.08 bits per heavy atom. The molecule has 1 saturated heterocycles. The molecule has 1 aromatic carbocycles. The van der Waals surface area contributed by atoms with Crippen LogP contribution in [0, 0.1) is 0 Å². The van der Waals surface area contributed by atoms with Gasteiger partial charge in [0, 0.05) is 30.5 Å². The molecule has 1 fully saturated rings. The van der Waals surface area contributed by atoms with Crippen molar-refractivity contribution in [3.63, 3.8) is 0 Å². The first-order valence-electron chi connectivity index (χ1n) is 8.04. The number of amides is 1. The zero-order valence-electron chi connectivity index (χ0n) is 13.5. The second-order valence-electron chi connectivity index (χ2n) is 5.66. The lowest BCUT2D eigenvalue weighted by Gasteiger charge is -2.29. The van der Waals surface area contributed by atoms with E-state index in [-0.39, 0.29) is 11.6 Å². The molecule has 1 aliphatic rings. The Morgan fingerprint density at radius 2 is 1.96 bits per heavy atom. The zero-order valence-corrected chi connectivity index (χ0v) is 13.5. The number of ether oxygens (including phenoxy) is 1. The molecule has 0 unspecified atom stereocenters. The number of carbonyl (C=O) groups excluding carboxylic acids is 1. The lowest BCUT2D eigenvalue weighted by molar-refractivity contribution is 0.101. The van der Waals surface area contributed by atoms with E-state index in [9.17, 15) is 4.79 Å². The Labute approximate surface area is 144 Å². The number of furan rings is 1. The van der Waals surface area contributed by atoms with Crippen LogP contribution < -0.4 is 10.2 Å². The number of anilines is 2. The summed E-state index contributed by atoms with van der Waals surface area (Å²) in [5, 5.41) is 6.65. The van der Waals surface area contributed by atoms with Crippen molar-refractivity contribution < 1.29 is 18.5 Å². The van der Waals surface area contributed by atoms with Gasteiger partial charge in [-0.25, -0.2) is 0 Å². The van der Waals surface area contributed by atoms with Crippen LogP contribution in [0.5, 0.6) is 0 Å². The zero-order chi connectivity index (χ0) is 17.1. The maximum absolute atomic E-state index is 12.4. The minimum atomic E-state index is -0.333. The van der Waals surface area contributed by atoms with Gasteiger partial charge in [0.2, 0.25) is 5.76 Å². The fourth-order valence-electron chi connectivity index (χ4n) is 2.71. The van der Waals surface area contributed by atoms with Crippen LogP contribution in [-0.4, -0.2) is 37.4 Å². The van der Waals surface area contributed by atoms with Crippen LogP contribution in [0.1, 0.15) is 10.5 Å². The summed E-state index contributed by atoms with van der Waals surface area (Å²) in [4.78, 5) is 14.6. The van der Waals surface area contributed by atoms with Crippen molar-refractivity contribution in [2.75, 3.05) is 36.5 Å². The van der Waals surface area contributed by atoms with Crippen LogP contribution in [0.3, 0.4) is 0 Å². The first kappa shape index (κ1) is 15.5. The molecular weight excluding hydrogens is 322 g/mol. The molecule has 3 aromatic rings. The average molecular weight is 339 g/mol. The fourth-order valence-corrected chi connectivity index (χ4v) is 2.71. The predicted molar refractivity (Wildman–Crippen MR) is 91.6 cm³/mol. The van der Waals surface area contributed by atoms with Crippen molar-refractivity contribution in [1.29, 1.82) is 0 Å². The molecule has 7 nitrogen and oxygen atoms in total. The monoisotopic (exact) mass is 339 g/mol. The molecule has 0 spiro atoms. The molecule has 0 radical (unpaired) electrons.